The van der Waals surface area contributed by atoms with Crippen LogP contribution >= 0.6 is 22.6 Å². The number of carbonyl (C=O) groups is 1. The molecule has 5 heteroatoms. The molecule has 110 valence electrons. The Morgan fingerprint density at radius 2 is 1.82 bits per heavy atom. The molecule has 0 bridgehead atoms. The van der Waals surface area contributed by atoms with Crippen LogP contribution in [0, 0.1) is 3.57 Å². The van der Waals surface area contributed by atoms with Gasteiger partial charge in [-0.3, -0.25) is 4.79 Å². The summed E-state index contributed by atoms with van der Waals surface area (Å²) in [6.07, 6.45) is 0. The minimum Gasteiger partial charge on any atom is -0.356 e. The molecule has 0 unspecified atom stereocenters. The SMILES string of the molecule is O=C(NCc1cc(-c2ccccc2)on1)c1ccccc1I. The molecule has 0 saturated heterocycles. The molecule has 0 aliphatic heterocycles. The molecule has 3 rings (SSSR count). The summed E-state index contributed by atoms with van der Waals surface area (Å²) in [7, 11) is 0. The lowest BCUT2D eigenvalue weighted by Crippen LogP contribution is -2.23. The number of hydrogen-bond donors (Lipinski definition) is 1. The van der Waals surface area contributed by atoms with Gasteiger partial charge in [0.1, 0.15) is 5.69 Å². The van der Waals surface area contributed by atoms with Crippen molar-refractivity contribution < 1.29 is 9.32 Å². The first kappa shape index (κ1) is 14.8. The van der Waals surface area contributed by atoms with Crippen molar-refractivity contribution >= 4 is 28.5 Å². The molecule has 0 saturated carbocycles. The van der Waals surface area contributed by atoms with Crippen LogP contribution in [0.1, 0.15) is 16.1 Å². The van der Waals surface area contributed by atoms with Crippen molar-refractivity contribution in [2.75, 3.05) is 0 Å². The highest BCUT2D eigenvalue weighted by Gasteiger charge is 2.11. The average Bonchev–Trinajstić information content (AvgIpc) is 3.03. The molecule has 4 nitrogen and oxygen atoms in total. The van der Waals surface area contributed by atoms with Crippen LogP contribution < -0.4 is 5.32 Å². The van der Waals surface area contributed by atoms with Gasteiger partial charge in [0, 0.05) is 15.2 Å². The van der Waals surface area contributed by atoms with Crippen LogP contribution in [0.3, 0.4) is 0 Å². The highest BCUT2D eigenvalue weighted by atomic mass is 127. The van der Waals surface area contributed by atoms with Crippen LogP contribution in [0.15, 0.2) is 65.2 Å². The zero-order valence-electron chi connectivity index (χ0n) is 11.6. The van der Waals surface area contributed by atoms with Gasteiger partial charge in [0.05, 0.1) is 12.1 Å². The van der Waals surface area contributed by atoms with Crippen molar-refractivity contribution in [3.05, 3.63) is 75.5 Å². The van der Waals surface area contributed by atoms with E-state index in [2.05, 4.69) is 33.1 Å². The summed E-state index contributed by atoms with van der Waals surface area (Å²) in [4.78, 5) is 12.1. The van der Waals surface area contributed by atoms with Crippen LogP contribution in [0.4, 0.5) is 0 Å². The third-order valence-corrected chi connectivity index (χ3v) is 4.11. The first-order valence-corrected chi connectivity index (χ1v) is 7.85. The summed E-state index contributed by atoms with van der Waals surface area (Å²) >= 11 is 2.15. The summed E-state index contributed by atoms with van der Waals surface area (Å²) in [6.45, 7) is 0.333. The number of benzene rings is 2. The molecule has 0 radical (unpaired) electrons. The lowest BCUT2D eigenvalue weighted by atomic mass is 10.1. The number of halogens is 1. The van der Waals surface area contributed by atoms with E-state index in [1.54, 1.807) is 6.07 Å². The molecule has 2 aromatic carbocycles. The molecule has 1 N–H and O–H groups in total. The van der Waals surface area contributed by atoms with Gasteiger partial charge in [0.25, 0.3) is 5.91 Å². The van der Waals surface area contributed by atoms with E-state index in [-0.39, 0.29) is 5.91 Å². The maximum Gasteiger partial charge on any atom is 0.252 e. The highest BCUT2D eigenvalue weighted by Crippen LogP contribution is 2.19. The van der Waals surface area contributed by atoms with Gasteiger partial charge in [-0.2, -0.15) is 0 Å². The molecule has 1 heterocycles. The maximum absolute atomic E-state index is 12.1. The monoisotopic (exact) mass is 404 g/mol. The number of hydrogen-bond acceptors (Lipinski definition) is 3. The maximum atomic E-state index is 12.1. The largest absolute Gasteiger partial charge is 0.356 e. The number of aromatic nitrogens is 1. The minimum absolute atomic E-state index is 0.116. The average molecular weight is 404 g/mol. The van der Waals surface area contributed by atoms with Gasteiger partial charge in [-0.15, -0.1) is 0 Å². The van der Waals surface area contributed by atoms with Gasteiger partial charge >= 0.3 is 0 Å². The van der Waals surface area contributed by atoms with E-state index >= 15 is 0 Å². The van der Waals surface area contributed by atoms with E-state index in [1.165, 1.54) is 0 Å². The van der Waals surface area contributed by atoms with E-state index in [1.807, 2.05) is 54.6 Å². The number of nitrogens with zero attached hydrogens (tertiary/aromatic N) is 1. The fourth-order valence-electron chi connectivity index (χ4n) is 2.05. The van der Waals surface area contributed by atoms with Crippen molar-refractivity contribution in [3.63, 3.8) is 0 Å². The lowest BCUT2D eigenvalue weighted by Gasteiger charge is -2.04. The Kier molecular flexibility index (Phi) is 4.53. The van der Waals surface area contributed by atoms with E-state index in [4.69, 9.17) is 4.52 Å². The lowest BCUT2D eigenvalue weighted by molar-refractivity contribution is 0.0949. The van der Waals surface area contributed by atoms with Crippen molar-refractivity contribution in [1.82, 2.24) is 10.5 Å². The molecular weight excluding hydrogens is 391 g/mol. The van der Waals surface area contributed by atoms with Gasteiger partial charge in [-0.05, 0) is 34.7 Å². The van der Waals surface area contributed by atoms with Crippen LogP contribution in [-0.2, 0) is 6.54 Å². The molecule has 0 aliphatic carbocycles. The zero-order valence-corrected chi connectivity index (χ0v) is 13.8. The number of carbonyl (C=O) groups excluding carboxylic acids is 1. The van der Waals surface area contributed by atoms with E-state index in [0.29, 0.717) is 23.6 Å². The molecule has 0 atom stereocenters. The van der Waals surface area contributed by atoms with E-state index in [0.717, 1.165) is 9.13 Å². The Bertz CT molecular complexity index is 784. The molecule has 0 spiro atoms. The minimum atomic E-state index is -0.116. The Morgan fingerprint density at radius 1 is 1.09 bits per heavy atom. The summed E-state index contributed by atoms with van der Waals surface area (Å²) in [6, 6.07) is 19.0. The summed E-state index contributed by atoms with van der Waals surface area (Å²) in [5.74, 6) is 0.577. The second-order valence-electron chi connectivity index (χ2n) is 4.71. The number of amides is 1. The second-order valence-corrected chi connectivity index (χ2v) is 5.87. The zero-order chi connectivity index (χ0) is 15.4. The van der Waals surface area contributed by atoms with E-state index in [9.17, 15) is 4.79 Å². The Hall–Kier alpha value is -2.15. The smallest absolute Gasteiger partial charge is 0.252 e. The van der Waals surface area contributed by atoms with Crippen LogP contribution in [0.2, 0.25) is 0 Å². The summed E-state index contributed by atoms with van der Waals surface area (Å²) in [5.41, 5.74) is 2.32. The van der Waals surface area contributed by atoms with Crippen molar-refractivity contribution in [1.29, 1.82) is 0 Å². The summed E-state index contributed by atoms with van der Waals surface area (Å²) < 4.78 is 6.23. The second kappa shape index (κ2) is 6.74. The fourth-order valence-corrected chi connectivity index (χ4v) is 2.68. The Morgan fingerprint density at radius 3 is 2.59 bits per heavy atom. The van der Waals surface area contributed by atoms with E-state index < -0.39 is 0 Å². The predicted molar refractivity (Wildman–Crippen MR) is 92.3 cm³/mol. The topological polar surface area (TPSA) is 55.1 Å². The number of rotatable bonds is 4. The van der Waals surface area contributed by atoms with Gasteiger partial charge in [0.15, 0.2) is 5.76 Å². The molecule has 3 aromatic rings. The van der Waals surface area contributed by atoms with Gasteiger partial charge < -0.3 is 9.84 Å². The van der Waals surface area contributed by atoms with Crippen LogP contribution in [0.25, 0.3) is 11.3 Å². The van der Waals surface area contributed by atoms with Crippen LogP contribution in [0.5, 0.6) is 0 Å². The fraction of sp³-hybridized carbons (Fsp3) is 0.0588. The Labute approximate surface area is 141 Å². The third-order valence-electron chi connectivity index (χ3n) is 3.17. The Balaban J connectivity index is 1.67. The van der Waals surface area contributed by atoms with Crippen molar-refractivity contribution in [3.8, 4) is 11.3 Å². The van der Waals surface area contributed by atoms with Gasteiger partial charge in [-0.25, -0.2) is 0 Å². The standard InChI is InChI=1S/C17H13IN2O2/c18-15-9-5-4-8-14(15)17(21)19-11-13-10-16(22-20-13)12-6-2-1-3-7-12/h1-10H,11H2,(H,19,21). The highest BCUT2D eigenvalue weighted by molar-refractivity contribution is 14.1. The van der Waals surface area contributed by atoms with Crippen molar-refractivity contribution in [2.24, 2.45) is 0 Å². The molecule has 1 amide bonds. The number of nitrogens with one attached hydrogen (secondary N) is 1. The van der Waals surface area contributed by atoms with Gasteiger partial charge in [0.2, 0.25) is 0 Å². The van der Waals surface area contributed by atoms with Crippen LogP contribution in [-0.4, -0.2) is 11.1 Å². The first-order valence-electron chi connectivity index (χ1n) is 6.78. The molecular formula is C17H13IN2O2. The normalized spacial score (nSPS) is 10.4. The van der Waals surface area contributed by atoms with Crippen molar-refractivity contribution in [2.45, 2.75) is 6.54 Å². The van der Waals surface area contributed by atoms with Gasteiger partial charge in [-0.1, -0.05) is 47.6 Å². The predicted octanol–water partition coefficient (Wildman–Crippen LogP) is 3.88. The molecule has 1 aromatic heterocycles. The summed E-state index contributed by atoms with van der Waals surface area (Å²) in [5, 5.41) is 6.84. The molecule has 0 fully saturated rings. The quantitative estimate of drug-likeness (QED) is 0.672. The molecule has 22 heavy (non-hydrogen) atoms. The first-order chi connectivity index (χ1) is 10.7. The molecule has 0 aliphatic rings. The third kappa shape index (κ3) is 3.36.